The summed E-state index contributed by atoms with van der Waals surface area (Å²) in [5, 5.41) is 5.65. The number of carbonyl (C=O) groups is 2. The number of thioether (sulfide) groups is 1. The molecule has 3 rings (SSSR count). The number of carbonyl (C=O) groups excluding carboxylic acids is 2. The molecule has 0 radical (unpaired) electrons. The van der Waals surface area contributed by atoms with Crippen LogP contribution in [-0.2, 0) is 9.59 Å². The number of rotatable bonds is 4. The lowest BCUT2D eigenvalue weighted by Crippen LogP contribution is -2.36. The molecule has 0 saturated carbocycles. The molecule has 25 heavy (non-hydrogen) atoms. The summed E-state index contributed by atoms with van der Waals surface area (Å²) >= 11 is 1.24. The van der Waals surface area contributed by atoms with Gasteiger partial charge in [-0.3, -0.25) is 14.4 Å². The van der Waals surface area contributed by atoms with Gasteiger partial charge < -0.3 is 20.4 Å². The lowest BCUT2D eigenvalue weighted by molar-refractivity contribution is -0.123. The minimum Gasteiger partial charge on any atom is -0.497 e. The van der Waals surface area contributed by atoms with Crippen molar-refractivity contribution in [2.24, 2.45) is 0 Å². The molecule has 1 aromatic heterocycles. The predicted molar refractivity (Wildman–Crippen MR) is 94.3 cm³/mol. The van der Waals surface area contributed by atoms with Crippen LogP contribution in [0.25, 0.3) is 0 Å². The summed E-state index contributed by atoms with van der Waals surface area (Å²) in [6.07, 6.45) is 1.64. The van der Waals surface area contributed by atoms with Crippen molar-refractivity contribution in [3.8, 4) is 5.75 Å². The van der Waals surface area contributed by atoms with Crippen LogP contribution >= 0.6 is 11.8 Å². The van der Waals surface area contributed by atoms with Gasteiger partial charge in [0, 0.05) is 12.1 Å². The Hall–Kier alpha value is -2.81. The highest BCUT2D eigenvalue weighted by molar-refractivity contribution is 7.98. The topological polar surface area (TPSA) is 113 Å². The van der Waals surface area contributed by atoms with Crippen molar-refractivity contribution in [3.05, 3.63) is 40.2 Å². The fourth-order valence-corrected chi connectivity index (χ4v) is 2.95. The van der Waals surface area contributed by atoms with Gasteiger partial charge in [-0.15, -0.1) is 0 Å². The van der Waals surface area contributed by atoms with E-state index in [0.29, 0.717) is 16.6 Å². The average Bonchev–Trinajstić information content (AvgIpc) is 2.61. The molecule has 130 valence electrons. The molecule has 0 fully saturated rings. The number of benzene rings is 1. The highest BCUT2D eigenvalue weighted by atomic mass is 32.2. The Morgan fingerprint density at radius 3 is 2.68 bits per heavy atom. The Bertz CT molecular complexity index is 879. The number of nitrogens with zero attached hydrogens (tertiary/aromatic N) is 1. The van der Waals surface area contributed by atoms with E-state index in [2.05, 4.69) is 20.6 Å². The molecule has 2 amide bonds. The Morgan fingerprint density at radius 2 is 2.04 bits per heavy atom. The standard InChI is InChI=1S/C16H16N4O4S/c1-24-9-5-3-8(4-6-9)17-14(22)10-7-11(21)18-13-12(10)15(23)20-16(19-13)25-2/h3-6,10H,7H2,1-2H3,(H,17,22)(H2,18,19,20,21,23). The zero-order valence-electron chi connectivity index (χ0n) is 13.6. The molecule has 1 atom stereocenters. The number of hydrogen-bond acceptors (Lipinski definition) is 6. The molecular weight excluding hydrogens is 344 g/mol. The first-order valence-corrected chi connectivity index (χ1v) is 8.67. The summed E-state index contributed by atoms with van der Waals surface area (Å²) in [7, 11) is 1.55. The third-order valence-electron chi connectivity index (χ3n) is 3.80. The molecule has 8 nitrogen and oxygen atoms in total. The number of aromatic nitrogens is 2. The van der Waals surface area contributed by atoms with Crippen molar-refractivity contribution in [3.63, 3.8) is 0 Å². The van der Waals surface area contributed by atoms with Gasteiger partial charge in [0.25, 0.3) is 5.56 Å². The molecular formula is C16H16N4O4S. The predicted octanol–water partition coefficient (Wildman–Crippen LogP) is 1.56. The minimum atomic E-state index is -0.905. The number of nitrogens with one attached hydrogen (secondary N) is 3. The van der Waals surface area contributed by atoms with E-state index in [9.17, 15) is 14.4 Å². The van der Waals surface area contributed by atoms with Crippen molar-refractivity contribution in [2.75, 3.05) is 24.0 Å². The van der Waals surface area contributed by atoms with Crippen molar-refractivity contribution in [1.82, 2.24) is 9.97 Å². The largest absolute Gasteiger partial charge is 0.497 e. The van der Waals surface area contributed by atoms with Crippen LogP contribution in [0.1, 0.15) is 17.9 Å². The summed E-state index contributed by atoms with van der Waals surface area (Å²) in [4.78, 5) is 43.7. The number of hydrogen-bond donors (Lipinski definition) is 3. The number of anilines is 2. The van der Waals surface area contributed by atoms with Gasteiger partial charge in [0.05, 0.1) is 18.6 Å². The molecule has 0 aliphatic carbocycles. The zero-order valence-corrected chi connectivity index (χ0v) is 14.4. The normalized spacial score (nSPS) is 15.9. The Morgan fingerprint density at radius 1 is 1.32 bits per heavy atom. The first-order valence-electron chi connectivity index (χ1n) is 7.44. The van der Waals surface area contributed by atoms with Crippen LogP contribution in [0.2, 0.25) is 0 Å². The third kappa shape index (κ3) is 3.50. The highest BCUT2D eigenvalue weighted by Crippen LogP contribution is 2.30. The molecule has 1 unspecified atom stereocenters. The third-order valence-corrected chi connectivity index (χ3v) is 4.38. The van der Waals surface area contributed by atoms with Gasteiger partial charge >= 0.3 is 0 Å². The van der Waals surface area contributed by atoms with E-state index in [1.54, 1.807) is 37.6 Å². The van der Waals surface area contributed by atoms with E-state index in [4.69, 9.17) is 4.74 Å². The summed E-state index contributed by atoms with van der Waals surface area (Å²) in [5.74, 6) is -0.902. The van der Waals surface area contributed by atoms with Crippen LogP contribution in [0.4, 0.5) is 11.5 Å². The van der Waals surface area contributed by atoms with Gasteiger partial charge in [0.2, 0.25) is 11.8 Å². The minimum absolute atomic E-state index is 0.113. The monoisotopic (exact) mass is 360 g/mol. The summed E-state index contributed by atoms with van der Waals surface area (Å²) < 4.78 is 5.07. The van der Waals surface area contributed by atoms with E-state index >= 15 is 0 Å². The van der Waals surface area contributed by atoms with E-state index in [-0.39, 0.29) is 23.7 Å². The van der Waals surface area contributed by atoms with Crippen molar-refractivity contribution in [1.29, 1.82) is 0 Å². The van der Waals surface area contributed by atoms with E-state index in [1.165, 1.54) is 11.8 Å². The van der Waals surface area contributed by atoms with Crippen molar-refractivity contribution in [2.45, 2.75) is 17.5 Å². The maximum atomic E-state index is 12.6. The molecule has 3 N–H and O–H groups in total. The van der Waals surface area contributed by atoms with Crippen LogP contribution < -0.4 is 20.9 Å². The molecule has 0 bridgehead atoms. The van der Waals surface area contributed by atoms with Crippen LogP contribution in [0.5, 0.6) is 5.75 Å². The SMILES string of the molecule is COc1ccc(NC(=O)C2CC(=O)Nc3nc(SC)[nH]c(=O)c32)cc1. The summed E-state index contributed by atoms with van der Waals surface area (Å²) in [6.45, 7) is 0. The van der Waals surface area contributed by atoms with E-state index in [1.807, 2.05) is 0 Å². The molecule has 2 aromatic rings. The van der Waals surface area contributed by atoms with E-state index < -0.39 is 17.4 Å². The fourth-order valence-electron chi connectivity index (χ4n) is 2.58. The second kappa shape index (κ2) is 6.98. The number of fused-ring (bicyclic) bond motifs is 1. The molecule has 9 heteroatoms. The second-order valence-corrected chi connectivity index (χ2v) is 6.16. The number of H-pyrrole nitrogens is 1. The number of methoxy groups -OCH3 is 1. The van der Waals surface area contributed by atoms with Crippen molar-refractivity contribution < 1.29 is 14.3 Å². The first kappa shape index (κ1) is 17.0. The van der Waals surface area contributed by atoms with Crippen LogP contribution in [-0.4, -0.2) is 35.1 Å². The molecule has 0 spiro atoms. The maximum absolute atomic E-state index is 12.6. The van der Waals surface area contributed by atoms with Crippen LogP contribution in [0.15, 0.2) is 34.2 Å². The Labute approximate surface area is 147 Å². The molecule has 1 aliphatic rings. The highest BCUT2D eigenvalue weighted by Gasteiger charge is 2.34. The van der Waals surface area contributed by atoms with Crippen LogP contribution in [0.3, 0.4) is 0 Å². The average molecular weight is 360 g/mol. The van der Waals surface area contributed by atoms with Gasteiger partial charge in [-0.1, -0.05) is 11.8 Å². The van der Waals surface area contributed by atoms with Crippen molar-refractivity contribution >= 4 is 35.1 Å². The Kier molecular flexibility index (Phi) is 4.75. The molecule has 0 saturated heterocycles. The number of ether oxygens (including phenoxy) is 1. The summed E-state index contributed by atoms with van der Waals surface area (Å²) in [6, 6.07) is 6.77. The zero-order chi connectivity index (χ0) is 18.0. The lowest BCUT2D eigenvalue weighted by Gasteiger charge is -2.23. The van der Waals surface area contributed by atoms with E-state index in [0.717, 1.165) is 0 Å². The van der Waals surface area contributed by atoms with Gasteiger partial charge in [-0.2, -0.15) is 0 Å². The van der Waals surface area contributed by atoms with Gasteiger partial charge in [0.15, 0.2) is 5.16 Å². The van der Waals surface area contributed by atoms with Gasteiger partial charge in [0.1, 0.15) is 11.6 Å². The maximum Gasteiger partial charge on any atom is 0.257 e. The fraction of sp³-hybridized carbons (Fsp3) is 0.250. The van der Waals surface area contributed by atoms with Gasteiger partial charge in [-0.05, 0) is 30.5 Å². The number of aromatic amines is 1. The number of amides is 2. The smallest absolute Gasteiger partial charge is 0.257 e. The van der Waals surface area contributed by atoms with Crippen LogP contribution in [0, 0.1) is 0 Å². The quantitative estimate of drug-likeness (QED) is 0.563. The second-order valence-electron chi connectivity index (χ2n) is 5.36. The first-order chi connectivity index (χ1) is 12.0. The van der Waals surface area contributed by atoms with Gasteiger partial charge in [-0.25, -0.2) is 4.98 Å². The summed E-state index contributed by atoms with van der Waals surface area (Å²) in [5.41, 5.74) is 0.288. The molecule has 1 aliphatic heterocycles. The molecule has 1 aromatic carbocycles. The Balaban J connectivity index is 1.90. The molecule has 2 heterocycles. The lowest BCUT2D eigenvalue weighted by atomic mass is 9.92.